The summed E-state index contributed by atoms with van der Waals surface area (Å²) < 4.78 is 0. The average molecular weight is 273 g/mol. The van der Waals surface area contributed by atoms with Crippen LogP contribution < -0.4 is 5.32 Å². The molecule has 1 saturated carbocycles. The van der Waals surface area contributed by atoms with Crippen molar-refractivity contribution in [2.24, 2.45) is 5.92 Å². The normalized spacial score (nSPS) is 15.8. The largest absolute Gasteiger partial charge is 0.326 e. The summed E-state index contributed by atoms with van der Waals surface area (Å²) in [5.74, 6) is 0.654. The second-order valence-electron chi connectivity index (χ2n) is 5.62. The average Bonchev–Trinajstić information content (AvgIpc) is 2.47. The zero-order chi connectivity index (χ0) is 14.2. The molecule has 3 nitrogen and oxygen atoms in total. The first-order valence-electron chi connectivity index (χ1n) is 7.61. The molecule has 20 heavy (non-hydrogen) atoms. The summed E-state index contributed by atoms with van der Waals surface area (Å²) in [5.41, 5.74) is 1.90. The number of amides is 1. The standard InChI is InChI=1S/C17H23NO2/c19-12-6-10-15-9-4-5-11-16(15)18-17(20)13-14-7-2-1-3-8-14/h4-5,9,11-12,14H,1-3,6-8,10,13H2,(H,18,20). The highest BCUT2D eigenvalue weighted by Crippen LogP contribution is 2.27. The molecule has 1 aromatic rings. The minimum atomic E-state index is 0.107. The van der Waals surface area contributed by atoms with Crippen molar-refractivity contribution >= 4 is 17.9 Å². The van der Waals surface area contributed by atoms with E-state index < -0.39 is 0 Å². The van der Waals surface area contributed by atoms with Gasteiger partial charge in [0.25, 0.3) is 0 Å². The molecule has 1 aromatic carbocycles. The molecule has 108 valence electrons. The number of carbonyl (C=O) groups is 2. The maximum atomic E-state index is 12.1. The third kappa shape index (κ3) is 4.48. The third-order valence-corrected chi connectivity index (χ3v) is 4.02. The Balaban J connectivity index is 1.91. The van der Waals surface area contributed by atoms with Gasteiger partial charge in [0.1, 0.15) is 6.29 Å². The molecule has 0 heterocycles. The maximum Gasteiger partial charge on any atom is 0.224 e. The van der Waals surface area contributed by atoms with E-state index in [0.29, 0.717) is 25.2 Å². The van der Waals surface area contributed by atoms with Crippen molar-refractivity contribution in [3.8, 4) is 0 Å². The third-order valence-electron chi connectivity index (χ3n) is 4.02. The van der Waals surface area contributed by atoms with E-state index in [1.807, 2.05) is 24.3 Å². The molecule has 0 saturated heterocycles. The van der Waals surface area contributed by atoms with Crippen LogP contribution in [0, 0.1) is 5.92 Å². The lowest BCUT2D eigenvalue weighted by atomic mass is 9.87. The molecule has 1 fully saturated rings. The Morgan fingerprint density at radius 3 is 2.70 bits per heavy atom. The zero-order valence-corrected chi connectivity index (χ0v) is 11.9. The first-order valence-corrected chi connectivity index (χ1v) is 7.61. The predicted molar refractivity (Wildman–Crippen MR) is 80.6 cm³/mol. The summed E-state index contributed by atoms with van der Waals surface area (Å²) in [6, 6.07) is 7.75. The molecule has 1 aliphatic carbocycles. The topological polar surface area (TPSA) is 46.2 Å². The van der Waals surface area contributed by atoms with Crippen LogP contribution in [0.5, 0.6) is 0 Å². The van der Waals surface area contributed by atoms with Crippen LogP contribution in [0.2, 0.25) is 0 Å². The van der Waals surface area contributed by atoms with Crippen molar-refractivity contribution in [3.05, 3.63) is 29.8 Å². The van der Waals surface area contributed by atoms with E-state index in [-0.39, 0.29) is 5.91 Å². The van der Waals surface area contributed by atoms with Crippen molar-refractivity contribution < 1.29 is 9.59 Å². The van der Waals surface area contributed by atoms with Crippen molar-refractivity contribution in [2.45, 2.75) is 51.4 Å². The Hall–Kier alpha value is -1.64. The van der Waals surface area contributed by atoms with E-state index in [4.69, 9.17) is 0 Å². The van der Waals surface area contributed by atoms with E-state index in [0.717, 1.165) is 17.5 Å². The van der Waals surface area contributed by atoms with Gasteiger partial charge in [-0.3, -0.25) is 4.79 Å². The number of benzene rings is 1. The van der Waals surface area contributed by atoms with Crippen LogP contribution in [0.15, 0.2) is 24.3 Å². The van der Waals surface area contributed by atoms with Gasteiger partial charge < -0.3 is 10.1 Å². The zero-order valence-electron chi connectivity index (χ0n) is 11.9. The van der Waals surface area contributed by atoms with Gasteiger partial charge in [0, 0.05) is 18.5 Å². The molecule has 1 amide bonds. The minimum absolute atomic E-state index is 0.107. The van der Waals surface area contributed by atoms with Crippen LogP contribution in [0.4, 0.5) is 5.69 Å². The second kappa shape index (κ2) is 7.83. The number of para-hydroxylation sites is 1. The van der Waals surface area contributed by atoms with Gasteiger partial charge >= 0.3 is 0 Å². The fraction of sp³-hybridized carbons (Fsp3) is 0.529. The molecular weight excluding hydrogens is 250 g/mol. The number of nitrogens with one attached hydrogen (secondary N) is 1. The van der Waals surface area contributed by atoms with Crippen LogP contribution in [0.25, 0.3) is 0 Å². The molecule has 0 spiro atoms. The summed E-state index contributed by atoms with van der Waals surface area (Å²) in [6.45, 7) is 0. The highest BCUT2D eigenvalue weighted by molar-refractivity contribution is 5.91. The Morgan fingerprint density at radius 1 is 1.20 bits per heavy atom. The number of carbonyl (C=O) groups excluding carboxylic acids is 2. The summed E-state index contributed by atoms with van der Waals surface area (Å²) in [6.07, 6.45) is 8.91. The van der Waals surface area contributed by atoms with Crippen LogP contribution in [-0.4, -0.2) is 12.2 Å². The monoisotopic (exact) mass is 273 g/mol. The first-order chi connectivity index (χ1) is 9.79. The maximum absolute atomic E-state index is 12.1. The van der Waals surface area contributed by atoms with Crippen LogP contribution in [0.3, 0.4) is 0 Å². The molecule has 3 heteroatoms. The van der Waals surface area contributed by atoms with Crippen molar-refractivity contribution in [2.75, 3.05) is 5.32 Å². The number of hydrogen-bond donors (Lipinski definition) is 1. The molecule has 0 unspecified atom stereocenters. The lowest BCUT2D eigenvalue weighted by Gasteiger charge is -2.21. The quantitative estimate of drug-likeness (QED) is 0.803. The predicted octanol–water partition coefficient (Wildman–Crippen LogP) is 3.73. The molecule has 0 bridgehead atoms. The molecular formula is C17H23NO2. The minimum Gasteiger partial charge on any atom is -0.326 e. The van der Waals surface area contributed by atoms with Gasteiger partial charge in [0.05, 0.1) is 0 Å². The molecule has 0 aromatic heterocycles. The van der Waals surface area contributed by atoms with Gasteiger partial charge in [0.2, 0.25) is 5.91 Å². The number of hydrogen-bond acceptors (Lipinski definition) is 2. The summed E-state index contributed by atoms with van der Waals surface area (Å²) >= 11 is 0. The van der Waals surface area contributed by atoms with Crippen molar-refractivity contribution in [1.29, 1.82) is 0 Å². The fourth-order valence-electron chi connectivity index (χ4n) is 2.93. The highest BCUT2D eigenvalue weighted by Gasteiger charge is 2.17. The van der Waals surface area contributed by atoms with Crippen LogP contribution in [0.1, 0.15) is 50.5 Å². The fourth-order valence-corrected chi connectivity index (χ4v) is 2.93. The van der Waals surface area contributed by atoms with Gasteiger partial charge in [-0.2, -0.15) is 0 Å². The van der Waals surface area contributed by atoms with Gasteiger partial charge in [-0.25, -0.2) is 0 Å². The van der Waals surface area contributed by atoms with Crippen LogP contribution >= 0.6 is 0 Å². The van der Waals surface area contributed by atoms with E-state index in [1.54, 1.807) is 0 Å². The van der Waals surface area contributed by atoms with Gasteiger partial charge in [-0.15, -0.1) is 0 Å². The smallest absolute Gasteiger partial charge is 0.224 e. The van der Waals surface area contributed by atoms with Crippen molar-refractivity contribution in [1.82, 2.24) is 0 Å². The van der Waals surface area contributed by atoms with Gasteiger partial charge in [0.15, 0.2) is 0 Å². The molecule has 0 aliphatic heterocycles. The van der Waals surface area contributed by atoms with Crippen molar-refractivity contribution in [3.63, 3.8) is 0 Å². The number of aldehydes is 1. The van der Waals surface area contributed by atoms with Gasteiger partial charge in [-0.1, -0.05) is 37.5 Å². The molecule has 0 atom stereocenters. The number of rotatable bonds is 6. The number of aryl methyl sites for hydroxylation is 1. The first kappa shape index (κ1) is 14.8. The van der Waals surface area contributed by atoms with E-state index >= 15 is 0 Å². The Kier molecular flexibility index (Phi) is 5.78. The Morgan fingerprint density at radius 2 is 1.95 bits per heavy atom. The van der Waals surface area contributed by atoms with E-state index in [9.17, 15) is 9.59 Å². The lowest BCUT2D eigenvalue weighted by Crippen LogP contribution is -2.19. The number of anilines is 1. The molecule has 0 radical (unpaired) electrons. The lowest BCUT2D eigenvalue weighted by molar-refractivity contribution is -0.117. The molecule has 2 rings (SSSR count). The SMILES string of the molecule is O=CCCc1ccccc1NC(=O)CC1CCCCC1. The Labute approximate surface area is 120 Å². The second-order valence-corrected chi connectivity index (χ2v) is 5.62. The summed E-state index contributed by atoms with van der Waals surface area (Å²) in [4.78, 5) is 22.6. The highest BCUT2D eigenvalue weighted by atomic mass is 16.1. The molecule has 1 aliphatic rings. The van der Waals surface area contributed by atoms with E-state index in [1.165, 1.54) is 32.1 Å². The van der Waals surface area contributed by atoms with Crippen LogP contribution in [-0.2, 0) is 16.0 Å². The molecule has 1 N–H and O–H groups in total. The van der Waals surface area contributed by atoms with E-state index in [2.05, 4.69) is 5.32 Å². The van der Waals surface area contributed by atoms with Gasteiger partial charge in [-0.05, 0) is 36.8 Å². The Bertz CT molecular complexity index is 450. The summed E-state index contributed by atoms with van der Waals surface area (Å²) in [7, 11) is 0. The summed E-state index contributed by atoms with van der Waals surface area (Å²) in [5, 5.41) is 3.01.